The van der Waals surface area contributed by atoms with Crippen molar-refractivity contribution < 1.29 is 9.53 Å². The molecule has 0 aliphatic carbocycles. The van der Waals surface area contributed by atoms with Gasteiger partial charge in [-0.2, -0.15) is 5.10 Å². The van der Waals surface area contributed by atoms with E-state index >= 15 is 0 Å². The van der Waals surface area contributed by atoms with Crippen molar-refractivity contribution in [3.63, 3.8) is 0 Å². The van der Waals surface area contributed by atoms with Crippen molar-refractivity contribution >= 4 is 23.0 Å². The average molecular weight is 331 g/mol. The number of para-hydroxylation sites is 1. The zero-order valence-corrected chi connectivity index (χ0v) is 13.6. The predicted octanol–water partition coefficient (Wildman–Crippen LogP) is 3.57. The van der Waals surface area contributed by atoms with Gasteiger partial charge in [0.25, 0.3) is 5.91 Å². The Balaban J connectivity index is 1.49. The third-order valence-corrected chi connectivity index (χ3v) is 4.22. The summed E-state index contributed by atoms with van der Waals surface area (Å²) in [6, 6.07) is 19.4. The van der Waals surface area contributed by atoms with Gasteiger partial charge in [-0.05, 0) is 17.7 Å². The molecule has 0 N–H and O–H groups in total. The first-order chi connectivity index (χ1) is 12.3. The fourth-order valence-electron chi connectivity index (χ4n) is 3.00. The van der Waals surface area contributed by atoms with Gasteiger partial charge in [0.1, 0.15) is 11.3 Å². The Morgan fingerprint density at radius 2 is 1.92 bits per heavy atom. The summed E-state index contributed by atoms with van der Waals surface area (Å²) in [6.45, 7) is -0.0731. The van der Waals surface area contributed by atoms with Crippen LogP contribution in [0.1, 0.15) is 18.0 Å². The number of pyridine rings is 1. The highest BCUT2D eigenvalue weighted by atomic mass is 16.5. The molecule has 0 fully saturated rings. The summed E-state index contributed by atoms with van der Waals surface area (Å²) < 4.78 is 5.75. The van der Waals surface area contributed by atoms with Gasteiger partial charge in [-0.25, -0.2) is 5.01 Å². The molecule has 2 heterocycles. The molecule has 0 spiro atoms. The van der Waals surface area contributed by atoms with Gasteiger partial charge in [0, 0.05) is 24.2 Å². The van der Waals surface area contributed by atoms with Crippen LogP contribution in [0.3, 0.4) is 0 Å². The molecule has 1 aliphatic heterocycles. The normalized spacial score (nSPS) is 16.3. The van der Waals surface area contributed by atoms with Gasteiger partial charge in [-0.3, -0.25) is 9.78 Å². The minimum Gasteiger partial charge on any atom is -0.481 e. The van der Waals surface area contributed by atoms with Crippen molar-refractivity contribution in [1.29, 1.82) is 0 Å². The molecule has 25 heavy (non-hydrogen) atoms. The van der Waals surface area contributed by atoms with Crippen LogP contribution < -0.4 is 4.74 Å². The quantitative estimate of drug-likeness (QED) is 0.734. The molecular weight excluding hydrogens is 314 g/mol. The van der Waals surface area contributed by atoms with Crippen LogP contribution in [0.5, 0.6) is 5.75 Å². The number of hydrazone groups is 1. The highest BCUT2D eigenvalue weighted by Crippen LogP contribution is 2.28. The van der Waals surface area contributed by atoms with E-state index in [1.807, 2.05) is 60.7 Å². The van der Waals surface area contributed by atoms with Crippen LogP contribution in [0.15, 0.2) is 72.0 Å². The van der Waals surface area contributed by atoms with E-state index in [4.69, 9.17) is 4.74 Å². The summed E-state index contributed by atoms with van der Waals surface area (Å²) in [5, 5.41) is 6.72. The van der Waals surface area contributed by atoms with E-state index in [1.54, 1.807) is 12.4 Å². The van der Waals surface area contributed by atoms with Crippen LogP contribution in [-0.4, -0.2) is 28.7 Å². The zero-order chi connectivity index (χ0) is 17.1. The first-order valence-electron chi connectivity index (χ1n) is 8.19. The van der Waals surface area contributed by atoms with E-state index in [0.717, 1.165) is 16.5 Å². The largest absolute Gasteiger partial charge is 0.481 e. The Kier molecular flexibility index (Phi) is 4.12. The summed E-state index contributed by atoms with van der Waals surface area (Å²) >= 11 is 0. The van der Waals surface area contributed by atoms with Gasteiger partial charge in [0.05, 0.1) is 6.04 Å². The first-order valence-corrected chi connectivity index (χ1v) is 8.19. The number of carbonyl (C=O) groups excluding carboxylic acids is 1. The fraction of sp³-hybridized carbons (Fsp3) is 0.150. The summed E-state index contributed by atoms with van der Waals surface area (Å²) in [6.07, 6.45) is 4.20. The summed E-state index contributed by atoms with van der Waals surface area (Å²) in [4.78, 5) is 16.9. The van der Waals surface area contributed by atoms with Gasteiger partial charge in [-0.15, -0.1) is 0 Å². The van der Waals surface area contributed by atoms with Crippen LogP contribution in [-0.2, 0) is 4.79 Å². The van der Waals surface area contributed by atoms with Gasteiger partial charge >= 0.3 is 0 Å². The molecule has 2 aromatic carbocycles. The second-order valence-electron chi connectivity index (χ2n) is 5.82. The smallest absolute Gasteiger partial charge is 0.281 e. The summed E-state index contributed by atoms with van der Waals surface area (Å²) in [5.74, 6) is 0.432. The van der Waals surface area contributed by atoms with Gasteiger partial charge in [-0.1, -0.05) is 48.5 Å². The lowest BCUT2D eigenvalue weighted by Crippen LogP contribution is -2.31. The Morgan fingerprint density at radius 1 is 1.08 bits per heavy atom. The van der Waals surface area contributed by atoms with Crippen molar-refractivity contribution in [3.8, 4) is 5.75 Å². The third-order valence-electron chi connectivity index (χ3n) is 4.22. The van der Waals surface area contributed by atoms with Crippen LogP contribution >= 0.6 is 0 Å². The second kappa shape index (κ2) is 6.73. The van der Waals surface area contributed by atoms with E-state index < -0.39 is 0 Å². The third kappa shape index (κ3) is 3.08. The van der Waals surface area contributed by atoms with Crippen molar-refractivity contribution in [2.75, 3.05) is 6.61 Å². The van der Waals surface area contributed by atoms with E-state index in [2.05, 4.69) is 10.1 Å². The van der Waals surface area contributed by atoms with E-state index in [0.29, 0.717) is 12.2 Å². The molecule has 124 valence electrons. The topological polar surface area (TPSA) is 54.8 Å². The Labute approximate surface area is 145 Å². The zero-order valence-electron chi connectivity index (χ0n) is 13.6. The maximum absolute atomic E-state index is 12.6. The Morgan fingerprint density at radius 3 is 2.80 bits per heavy atom. The van der Waals surface area contributed by atoms with Crippen LogP contribution in [0.25, 0.3) is 10.9 Å². The number of rotatable bonds is 4. The van der Waals surface area contributed by atoms with Crippen molar-refractivity contribution in [2.45, 2.75) is 12.5 Å². The van der Waals surface area contributed by atoms with E-state index in [9.17, 15) is 4.79 Å². The molecule has 0 saturated heterocycles. The minimum atomic E-state index is -0.171. The molecule has 1 amide bonds. The number of aromatic nitrogens is 1. The molecule has 5 heteroatoms. The van der Waals surface area contributed by atoms with Crippen molar-refractivity contribution in [3.05, 3.63) is 72.4 Å². The second-order valence-corrected chi connectivity index (χ2v) is 5.82. The summed E-state index contributed by atoms with van der Waals surface area (Å²) in [7, 11) is 0. The fourth-order valence-corrected chi connectivity index (χ4v) is 3.00. The Bertz CT molecular complexity index is 919. The maximum Gasteiger partial charge on any atom is 0.281 e. The lowest BCUT2D eigenvalue weighted by Gasteiger charge is -2.22. The molecular formula is C20H17N3O2. The number of hydrogen-bond donors (Lipinski definition) is 0. The number of hydrogen-bond acceptors (Lipinski definition) is 4. The molecule has 4 rings (SSSR count). The molecule has 0 unspecified atom stereocenters. The molecule has 1 aromatic heterocycles. The number of fused-ring (bicyclic) bond motifs is 1. The average Bonchev–Trinajstić information content (AvgIpc) is 3.17. The summed E-state index contributed by atoms with van der Waals surface area (Å²) in [5.41, 5.74) is 1.82. The molecule has 1 aliphatic rings. The van der Waals surface area contributed by atoms with Crippen LogP contribution in [0.2, 0.25) is 0 Å². The molecule has 5 nitrogen and oxygen atoms in total. The monoisotopic (exact) mass is 331 g/mol. The van der Waals surface area contributed by atoms with Gasteiger partial charge in [0.15, 0.2) is 6.61 Å². The lowest BCUT2D eigenvalue weighted by atomic mass is 10.0. The first kappa shape index (κ1) is 15.3. The lowest BCUT2D eigenvalue weighted by molar-refractivity contribution is -0.135. The van der Waals surface area contributed by atoms with E-state index in [-0.39, 0.29) is 18.6 Å². The standard InChI is InChI=1S/C20H17N3O2/c24-19(23-17(11-13-22-23)15-6-2-1-3-7-15)14-25-18-10-4-8-16-9-5-12-21-20(16)18/h1-10,12-13,17H,11,14H2/t17-/m1/s1. The number of benzene rings is 2. The highest BCUT2D eigenvalue weighted by molar-refractivity contribution is 5.85. The van der Waals surface area contributed by atoms with Crippen LogP contribution in [0.4, 0.5) is 0 Å². The Hall–Kier alpha value is -3.21. The SMILES string of the molecule is O=C(COc1cccc2cccnc12)N1N=CC[C@@H]1c1ccccc1. The maximum atomic E-state index is 12.6. The molecule has 0 saturated carbocycles. The number of nitrogens with zero attached hydrogens (tertiary/aromatic N) is 3. The highest BCUT2D eigenvalue weighted by Gasteiger charge is 2.28. The van der Waals surface area contributed by atoms with Gasteiger partial charge < -0.3 is 4.74 Å². The van der Waals surface area contributed by atoms with Crippen molar-refractivity contribution in [2.24, 2.45) is 5.10 Å². The van der Waals surface area contributed by atoms with Crippen molar-refractivity contribution in [1.82, 2.24) is 9.99 Å². The molecule has 0 radical (unpaired) electrons. The molecule has 0 bridgehead atoms. The number of carbonyl (C=O) groups is 1. The predicted molar refractivity (Wildman–Crippen MR) is 96.4 cm³/mol. The minimum absolute atomic E-state index is 0.0667. The van der Waals surface area contributed by atoms with Crippen LogP contribution in [0, 0.1) is 0 Å². The molecule has 1 atom stereocenters. The van der Waals surface area contributed by atoms with Gasteiger partial charge in [0.2, 0.25) is 0 Å². The molecule has 3 aromatic rings. The van der Waals surface area contributed by atoms with E-state index in [1.165, 1.54) is 5.01 Å². The number of amides is 1. The number of ether oxygens (including phenoxy) is 1.